The van der Waals surface area contributed by atoms with Crippen molar-refractivity contribution in [2.45, 2.75) is 11.3 Å². The number of nitro groups is 1. The molecular weight excluding hydrogens is 510 g/mol. The summed E-state index contributed by atoms with van der Waals surface area (Å²) in [6.45, 7) is 0.891. The van der Waals surface area contributed by atoms with Crippen molar-refractivity contribution in [2.75, 3.05) is 48.1 Å². The van der Waals surface area contributed by atoms with Crippen LogP contribution in [0.5, 0.6) is 0 Å². The van der Waals surface area contributed by atoms with Crippen molar-refractivity contribution in [1.82, 2.24) is 5.32 Å². The van der Waals surface area contributed by atoms with Crippen LogP contribution in [0.2, 0.25) is 0 Å². The largest absolute Gasteiger partial charge is 0.396 e. The lowest BCUT2D eigenvalue weighted by atomic mass is 10.1. The van der Waals surface area contributed by atoms with E-state index in [0.29, 0.717) is 30.2 Å². The number of benzene rings is 1. The third-order valence-corrected chi connectivity index (χ3v) is 5.42. The van der Waals surface area contributed by atoms with Crippen LogP contribution in [-0.4, -0.2) is 67.5 Å². The quantitative estimate of drug-likeness (QED) is 0.193. The Bertz CT molecular complexity index is 782. The molecule has 0 spiro atoms. The fraction of sp³-hybridized carbons (Fsp3) is 0.533. The lowest BCUT2D eigenvalue weighted by molar-refractivity contribution is -0.385. The minimum absolute atomic E-state index is 0.134. The Morgan fingerprint density at radius 3 is 2.33 bits per heavy atom. The van der Waals surface area contributed by atoms with Gasteiger partial charge in [0.1, 0.15) is 5.56 Å². The van der Waals surface area contributed by atoms with Crippen LogP contribution in [0.3, 0.4) is 0 Å². The van der Waals surface area contributed by atoms with Gasteiger partial charge in [-0.05, 0) is 12.5 Å². The molecule has 9 nitrogen and oxygen atoms in total. The number of hydrogen-bond acceptors (Lipinski definition) is 7. The van der Waals surface area contributed by atoms with Gasteiger partial charge in [-0.1, -0.05) is 31.9 Å². The SMILES string of the molecule is CS(=O)(=O)c1cc([N+](=O)[O-])c(C(=O)NCCCO)cc1N(CCBr)CCBr. The smallest absolute Gasteiger partial charge is 0.283 e. The van der Waals surface area contributed by atoms with Gasteiger partial charge in [-0.2, -0.15) is 0 Å². The van der Waals surface area contributed by atoms with Crippen molar-refractivity contribution in [3.63, 3.8) is 0 Å². The number of nitro benzene ring substituents is 1. The average Bonchev–Trinajstić information content (AvgIpc) is 2.59. The van der Waals surface area contributed by atoms with Crippen molar-refractivity contribution >= 4 is 59.0 Å². The molecule has 0 unspecified atom stereocenters. The highest BCUT2D eigenvalue weighted by Crippen LogP contribution is 2.33. The van der Waals surface area contributed by atoms with E-state index < -0.39 is 26.4 Å². The summed E-state index contributed by atoms with van der Waals surface area (Å²) in [7, 11) is -3.78. The first kappa shape index (κ1) is 23.8. The van der Waals surface area contributed by atoms with Crippen LogP contribution in [-0.2, 0) is 9.84 Å². The summed E-state index contributed by atoms with van der Waals surface area (Å²) in [6.07, 6.45) is 1.27. The lowest BCUT2D eigenvalue weighted by Gasteiger charge is -2.25. The van der Waals surface area contributed by atoms with E-state index in [1.54, 1.807) is 4.90 Å². The third-order valence-electron chi connectivity index (χ3n) is 3.59. The number of anilines is 1. The highest BCUT2D eigenvalue weighted by atomic mass is 79.9. The van der Waals surface area contributed by atoms with Crippen LogP contribution < -0.4 is 10.2 Å². The topological polar surface area (TPSA) is 130 Å². The molecule has 27 heavy (non-hydrogen) atoms. The molecule has 0 radical (unpaired) electrons. The van der Waals surface area contributed by atoms with Crippen LogP contribution in [0.4, 0.5) is 11.4 Å². The van der Waals surface area contributed by atoms with Gasteiger partial charge < -0.3 is 15.3 Å². The maximum Gasteiger partial charge on any atom is 0.283 e. The average molecular weight is 531 g/mol. The van der Waals surface area contributed by atoms with E-state index in [1.165, 1.54) is 6.07 Å². The highest BCUT2D eigenvalue weighted by molar-refractivity contribution is 9.09. The molecule has 1 amide bonds. The number of rotatable bonds is 11. The van der Waals surface area contributed by atoms with Crippen LogP contribution in [0, 0.1) is 10.1 Å². The van der Waals surface area contributed by atoms with Crippen LogP contribution in [0.1, 0.15) is 16.8 Å². The van der Waals surface area contributed by atoms with E-state index >= 15 is 0 Å². The molecule has 1 aromatic carbocycles. The maximum atomic E-state index is 12.4. The van der Waals surface area contributed by atoms with Gasteiger partial charge >= 0.3 is 0 Å². The molecular formula is C15H21Br2N3O6S. The van der Waals surface area contributed by atoms with Gasteiger partial charge in [0.05, 0.1) is 15.5 Å². The molecule has 12 heteroatoms. The monoisotopic (exact) mass is 529 g/mol. The molecule has 0 saturated heterocycles. The molecule has 0 aliphatic rings. The van der Waals surface area contributed by atoms with Crippen LogP contribution in [0.15, 0.2) is 17.0 Å². The highest BCUT2D eigenvalue weighted by Gasteiger charge is 2.28. The van der Waals surface area contributed by atoms with E-state index in [0.717, 1.165) is 12.3 Å². The Balaban J connectivity index is 3.60. The van der Waals surface area contributed by atoms with Crippen molar-refractivity contribution in [2.24, 2.45) is 0 Å². The predicted molar refractivity (Wildman–Crippen MR) is 110 cm³/mol. The number of carbonyl (C=O) groups excluding carboxylic acids is 1. The normalized spacial score (nSPS) is 11.3. The maximum absolute atomic E-state index is 12.4. The standard InChI is InChI=1S/C15H21Br2N3O6S/c1-27(25,26)14-10-12(20(23)24)11(15(22)18-5-2-8-21)9-13(14)19(6-3-16)7-4-17/h9-10,21H,2-8H2,1H3,(H,18,22). The van der Waals surface area contributed by atoms with E-state index in [1.807, 2.05) is 0 Å². The summed E-state index contributed by atoms with van der Waals surface area (Å²) in [5.41, 5.74) is -0.581. The first-order chi connectivity index (χ1) is 12.7. The van der Waals surface area contributed by atoms with Crippen molar-refractivity contribution < 1.29 is 23.2 Å². The number of nitrogens with one attached hydrogen (secondary N) is 1. The second kappa shape index (κ2) is 10.9. The van der Waals surface area contributed by atoms with Gasteiger partial charge in [-0.15, -0.1) is 0 Å². The molecule has 0 heterocycles. The minimum atomic E-state index is -3.78. The fourth-order valence-electron chi connectivity index (χ4n) is 2.37. The Morgan fingerprint density at radius 1 is 1.30 bits per heavy atom. The Kier molecular flexibility index (Phi) is 9.63. The number of hydrogen-bond donors (Lipinski definition) is 2. The summed E-state index contributed by atoms with van der Waals surface area (Å²) in [4.78, 5) is 24.6. The van der Waals surface area contributed by atoms with Crippen LogP contribution in [0.25, 0.3) is 0 Å². The summed E-state index contributed by atoms with van der Waals surface area (Å²) >= 11 is 6.60. The van der Waals surface area contributed by atoms with Gasteiger partial charge in [-0.3, -0.25) is 14.9 Å². The summed E-state index contributed by atoms with van der Waals surface area (Å²) < 4.78 is 24.5. The molecule has 0 saturated carbocycles. The molecule has 1 rings (SSSR count). The summed E-state index contributed by atoms with van der Waals surface area (Å²) in [5.74, 6) is -0.700. The van der Waals surface area contributed by atoms with E-state index in [2.05, 4.69) is 37.2 Å². The summed E-state index contributed by atoms with van der Waals surface area (Å²) in [5, 5.41) is 23.8. The van der Waals surface area contributed by atoms with E-state index in [-0.39, 0.29) is 29.3 Å². The Hall–Kier alpha value is -1.24. The number of amides is 1. The summed E-state index contributed by atoms with van der Waals surface area (Å²) in [6, 6.07) is 2.18. The van der Waals surface area contributed by atoms with E-state index in [9.17, 15) is 23.3 Å². The molecule has 0 bridgehead atoms. The van der Waals surface area contributed by atoms with Gasteiger partial charge in [-0.25, -0.2) is 8.42 Å². The number of alkyl halides is 2. The second-order valence-corrected chi connectivity index (χ2v) is 9.13. The molecule has 0 aliphatic carbocycles. The Labute approximate surface area is 174 Å². The lowest BCUT2D eigenvalue weighted by Crippen LogP contribution is -2.30. The first-order valence-electron chi connectivity index (χ1n) is 7.95. The molecule has 2 N–H and O–H groups in total. The van der Waals surface area contributed by atoms with Gasteiger partial charge in [0.15, 0.2) is 9.84 Å². The number of carbonyl (C=O) groups is 1. The van der Waals surface area contributed by atoms with Crippen molar-refractivity contribution in [3.8, 4) is 0 Å². The number of halogens is 2. The third kappa shape index (κ3) is 6.70. The van der Waals surface area contributed by atoms with Crippen molar-refractivity contribution in [1.29, 1.82) is 0 Å². The molecule has 152 valence electrons. The number of sulfone groups is 1. The number of aliphatic hydroxyl groups is 1. The number of nitrogens with zero attached hydrogens (tertiary/aromatic N) is 2. The Morgan fingerprint density at radius 2 is 1.89 bits per heavy atom. The molecule has 0 fully saturated rings. The van der Waals surface area contributed by atoms with Crippen molar-refractivity contribution in [3.05, 3.63) is 27.8 Å². The molecule has 0 aliphatic heterocycles. The van der Waals surface area contributed by atoms with Gasteiger partial charge in [0, 0.05) is 49.2 Å². The van der Waals surface area contributed by atoms with E-state index in [4.69, 9.17) is 5.11 Å². The second-order valence-electron chi connectivity index (χ2n) is 5.56. The van der Waals surface area contributed by atoms with Crippen LogP contribution >= 0.6 is 31.9 Å². The first-order valence-corrected chi connectivity index (χ1v) is 12.1. The molecule has 0 atom stereocenters. The fourth-order valence-corrected chi connectivity index (χ4v) is 4.12. The number of aliphatic hydroxyl groups excluding tert-OH is 1. The van der Waals surface area contributed by atoms with Gasteiger partial charge in [0.25, 0.3) is 11.6 Å². The zero-order valence-electron chi connectivity index (χ0n) is 14.7. The minimum Gasteiger partial charge on any atom is -0.396 e. The molecule has 0 aromatic heterocycles. The molecule has 1 aromatic rings. The zero-order valence-corrected chi connectivity index (χ0v) is 18.6. The zero-order chi connectivity index (χ0) is 20.6. The van der Waals surface area contributed by atoms with Gasteiger partial charge in [0.2, 0.25) is 0 Å². The predicted octanol–water partition coefficient (Wildman–Crippen LogP) is 1.71.